The molecular formula is C15H28F3N3. The van der Waals surface area contributed by atoms with Crippen LogP contribution in [0.15, 0.2) is 0 Å². The van der Waals surface area contributed by atoms with Gasteiger partial charge in [-0.3, -0.25) is 0 Å². The molecule has 1 saturated heterocycles. The molecule has 1 aliphatic carbocycles. The lowest BCUT2D eigenvalue weighted by Gasteiger charge is -2.33. The van der Waals surface area contributed by atoms with Gasteiger partial charge < -0.3 is 15.1 Å². The van der Waals surface area contributed by atoms with Crippen molar-refractivity contribution in [3.05, 3.63) is 0 Å². The van der Waals surface area contributed by atoms with Crippen LogP contribution < -0.4 is 5.32 Å². The average Bonchev–Trinajstić information content (AvgIpc) is 2.45. The summed E-state index contributed by atoms with van der Waals surface area (Å²) in [6, 6.07) is 0.288. The van der Waals surface area contributed by atoms with E-state index in [2.05, 4.69) is 22.2 Å². The molecule has 1 N–H and O–H groups in total. The van der Waals surface area contributed by atoms with Crippen molar-refractivity contribution < 1.29 is 13.2 Å². The number of halogens is 3. The summed E-state index contributed by atoms with van der Waals surface area (Å²) in [7, 11) is 2.15. The zero-order chi connectivity index (χ0) is 15.3. The molecule has 0 radical (unpaired) electrons. The lowest BCUT2D eigenvalue weighted by atomic mass is 9.85. The molecule has 2 fully saturated rings. The molecule has 0 aromatic carbocycles. The molecule has 2 rings (SSSR count). The fraction of sp³-hybridized carbons (Fsp3) is 1.00. The van der Waals surface area contributed by atoms with Crippen molar-refractivity contribution in [2.45, 2.75) is 44.3 Å². The quantitative estimate of drug-likeness (QED) is 0.787. The molecule has 0 aromatic rings. The van der Waals surface area contributed by atoms with Crippen LogP contribution in [0.3, 0.4) is 0 Å². The second-order valence-electron chi connectivity index (χ2n) is 6.54. The van der Waals surface area contributed by atoms with Crippen molar-refractivity contribution >= 4 is 0 Å². The molecule has 0 bridgehead atoms. The van der Waals surface area contributed by atoms with E-state index in [0.29, 0.717) is 25.7 Å². The monoisotopic (exact) mass is 307 g/mol. The maximum Gasteiger partial charge on any atom is 0.391 e. The molecule has 1 aliphatic heterocycles. The van der Waals surface area contributed by atoms with Gasteiger partial charge in [-0.15, -0.1) is 0 Å². The van der Waals surface area contributed by atoms with Gasteiger partial charge in [-0.25, -0.2) is 0 Å². The lowest BCUT2D eigenvalue weighted by molar-refractivity contribution is -0.182. The molecule has 21 heavy (non-hydrogen) atoms. The highest BCUT2D eigenvalue weighted by Gasteiger charge is 2.41. The Hall–Kier alpha value is -0.330. The number of rotatable bonds is 5. The molecule has 0 unspecified atom stereocenters. The zero-order valence-corrected chi connectivity index (χ0v) is 13.0. The van der Waals surface area contributed by atoms with E-state index >= 15 is 0 Å². The fourth-order valence-corrected chi connectivity index (χ4v) is 3.31. The Labute approximate surface area is 125 Å². The number of likely N-dealkylation sites (N-methyl/N-ethyl adjacent to an activating group) is 1. The minimum absolute atomic E-state index is 0.288. The first kappa shape index (κ1) is 17.0. The predicted octanol–water partition coefficient (Wildman–Crippen LogP) is 2.33. The normalized spacial score (nSPS) is 29.7. The summed E-state index contributed by atoms with van der Waals surface area (Å²) in [4.78, 5) is 4.82. The number of hydrogen-bond donors (Lipinski definition) is 1. The van der Waals surface area contributed by atoms with Crippen LogP contribution in [0, 0.1) is 5.92 Å². The van der Waals surface area contributed by atoms with Crippen LogP contribution in [0.25, 0.3) is 0 Å². The van der Waals surface area contributed by atoms with E-state index in [4.69, 9.17) is 0 Å². The minimum Gasteiger partial charge on any atom is -0.314 e. The Morgan fingerprint density at radius 2 is 1.62 bits per heavy atom. The van der Waals surface area contributed by atoms with Crippen LogP contribution in [0.4, 0.5) is 13.2 Å². The Morgan fingerprint density at radius 1 is 1.00 bits per heavy atom. The standard InChI is InChI=1S/C15H28F3N3/c1-20-9-11-21(12-10-20)8-2-7-19-14-5-3-13(4-6-14)15(16,17)18/h13-14,19H,2-12H2,1H3. The van der Waals surface area contributed by atoms with Gasteiger partial charge in [-0.05, 0) is 52.2 Å². The fourth-order valence-electron chi connectivity index (χ4n) is 3.31. The smallest absolute Gasteiger partial charge is 0.314 e. The van der Waals surface area contributed by atoms with Gasteiger partial charge in [-0.2, -0.15) is 13.2 Å². The third-order valence-corrected chi connectivity index (χ3v) is 4.87. The van der Waals surface area contributed by atoms with E-state index in [0.717, 1.165) is 45.7 Å². The largest absolute Gasteiger partial charge is 0.391 e. The van der Waals surface area contributed by atoms with E-state index in [-0.39, 0.29) is 6.04 Å². The van der Waals surface area contributed by atoms with Gasteiger partial charge >= 0.3 is 6.18 Å². The summed E-state index contributed by atoms with van der Waals surface area (Å²) in [5, 5.41) is 3.44. The number of piperazine rings is 1. The van der Waals surface area contributed by atoms with Gasteiger partial charge in [0, 0.05) is 32.2 Å². The molecule has 0 aromatic heterocycles. The topological polar surface area (TPSA) is 18.5 Å². The van der Waals surface area contributed by atoms with E-state index in [1.165, 1.54) is 0 Å². The van der Waals surface area contributed by atoms with E-state index in [9.17, 15) is 13.2 Å². The summed E-state index contributed by atoms with van der Waals surface area (Å²) in [6.07, 6.45) is -0.994. The molecule has 1 saturated carbocycles. The van der Waals surface area contributed by atoms with Crippen molar-refractivity contribution in [1.29, 1.82) is 0 Å². The third kappa shape index (κ3) is 5.75. The zero-order valence-electron chi connectivity index (χ0n) is 13.0. The molecule has 1 heterocycles. The van der Waals surface area contributed by atoms with Crippen LogP contribution in [0.1, 0.15) is 32.1 Å². The Balaban J connectivity index is 1.52. The van der Waals surface area contributed by atoms with Gasteiger partial charge in [0.05, 0.1) is 5.92 Å². The van der Waals surface area contributed by atoms with Gasteiger partial charge in [0.15, 0.2) is 0 Å². The maximum absolute atomic E-state index is 12.6. The highest BCUT2D eigenvalue weighted by Crippen LogP contribution is 2.37. The highest BCUT2D eigenvalue weighted by molar-refractivity contribution is 4.80. The van der Waals surface area contributed by atoms with Gasteiger partial charge in [0.1, 0.15) is 0 Å². The summed E-state index contributed by atoms with van der Waals surface area (Å²) in [5.41, 5.74) is 0. The third-order valence-electron chi connectivity index (χ3n) is 4.87. The second kappa shape index (κ2) is 7.79. The molecule has 3 nitrogen and oxygen atoms in total. The summed E-state index contributed by atoms with van der Waals surface area (Å²) >= 11 is 0. The van der Waals surface area contributed by atoms with E-state index in [1.54, 1.807) is 0 Å². The Bertz CT molecular complexity index is 293. The predicted molar refractivity (Wildman–Crippen MR) is 78.4 cm³/mol. The van der Waals surface area contributed by atoms with Crippen LogP contribution >= 0.6 is 0 Å². The van der Waals surface area contributed by atoms with Crippen LogP contribution in [0.5, 0.6) is 0 Å². The first-order chi connectivity index (χ1) is 9.95. The number of hydrogen-bond acceptors (Lipinski definition) is 3. The summed E-state index contributed by atoms with van der Waals surface area (Å²) in [5.74, 6) is -1.07. The van der Waals surface area contributed by atoms with Gasteiger partial charge in [-0.1, -0.05) is 0 Å². The molecule has 0 spiro atoms. The molecule has 6 heteroatoms. The summed E-state index contributed by atoms with van der Waals surface area (Å²) < 4.78 is 37.7. The number of alkyl halides is 3. The highest BCUT2D eigenvalue weighted by atomic mass is 19.4. The van der Waals surface area contributed by atoms with Crippen LogP contribution in [0.2, 0.25) is 0 Å². The molecule has 0 amide bonds. The SMILES string of the molecule is CN1CCN(CCCNC2CCC(C(F)(F)F)CC2)CC1. The molecular weight excluding hydrogens is 279 g/mol. The van der Waals surface area contributed by atoms with E-state index < -0.39 is 12.1 Å². The molecule has 124 valence electrons. The summed E-state index contributed by atoms with van der Waals surface area (Å²) in [6.45, 7) is 6.55. The van der Waals surface area contributed by atoms with Crippen molar-refractivity contribution in [3.63, 3.8) is 0 Å². The van der Waals surface area contributed by atoms with E-state index in [1.807, 2.05) is 0 Å². The lowest BCUT2D eigenvalue weighted by Crippen LogP contribution is -2.45. The minimum atomic E-state index is -3.99. The van der Waals surface area contributed by atoms with Crippen molar-refractivity contribution in [2.24, 2.45) is 5.92 Å². The first-order valence-electron chi connectivity index (χ1n) is 8.16. The second-order valence-corrected chi connectivity index (χ2v) is 6.54. The van der Waals surface area contributed by atoms with Crippen LogP contribution in [-0.4, -0.2) is 68.3 Å². The Morgan fingerprint density at radius 3 is 2.19 bits per heavy atom. The number of nitrogens with zero attached hydrogens (tertiary/aromatic N) is 2. The Kier molecular flexibility index (Phi) is 6.32. The average molecular weight is 307 g/mol. The van der Waals surface area contributed by atoms with Crippen LogP contribution in [-0.2, 0) is 0 Å². The van der Waals surface area contributed by atoms with Crippen molar-refractivity contribution in [2.75, 3.05) is 46.3 Å². The van der Waals surface area contributed by atoms with Crippen molar-refractivity contribution in [1.82, 2.24) is 15.1 Å². The molecule has 0 atom stereocenters. The maximum atomic E-state index is 12.6. The molecule has 2 aliphatic rings. The van der Waals surface area contributed by atoms with Crippen molar-refractivity contribution in [3.8, 4) is 0 Å². The number of nitrogens with one attached hydrogen (secondary N) is 1. The first-order valence-corrected chi connectivity index (χ1v) is 8.16. The van der Waals surface area contributed by atoms with Gasteiger partial charge in [0.2, 0.25) is 0 Å². The van der Waals surface area contributed by atoms with Gasteiger partial charge in [0.25, 0.3) is 0 Å².